The molecule has 0 spiro atoms. The van der Waals surface area contributed by atoms with Crippen molar-refractivity contribution in [1.29, 1.82) is 0 Å². The predicted octanol–water partition coefficient (Wildman–Crippen LogP) is 1.47. The third-order valence-electron chi connectivity index (χ3n) is 2.10. The molecule has 0 amide bonds. The van der Waals surface area contributed by atoms with Crippen molar-refractivity contribution in [1.82, 2.24) is 15.3 Å². The summed E-state index contributed by atoms with van der Waals surface area (Å²) in [5.41, 5.74) is 0.977. The standard InChI is InChI=1S/C11H19N3O/c1-8(2)15-7-11(12-4)10-5-6-13-9(3)14-10/h5-6,8,11-12H,7H2,1-4H3. The molecule has 0 aliphatic carbocycles. The van der Waals surface area contributed by atoms with Gasteiger partial charge in [-0.15, -0.1) is 0 Å². The van der Waals surface area contributed by atoms with Crippen molar-refractivity contribution in [2.75, 3.05) is 13.7 Å². The SMILES string of the molecule is CNC(COC(C)C)c1ccnc(C)n1. The van der Waals surface area contributed by atoms with E-state index < -0.39 is 0 Å². The number of nitrogens with one attached hydrogen (secondary N) is 1. The topological polar surface area (TPSA) is 47.0 Å². The summed E-state index contributed by atoms with van der Waals surface area (Å²) in [6, 6.07) is 2.05. The third-order valence-corrected chi connectivity index (χ3v) is 2.10. The van der Waals surface area contributed by atoms with E-state index in [-0.39, 0.29) is 12.1 Å². The molecule has 1 heterocycles. The highest BCUT2D eigenvalue weighted by Gasteiger charge is 2.11. The van der Waals surface area contributed by atoms with Crippen molar-refractivity contribution in [3.05, 3.63) is 23.8 Å². The first kappa shape index (κ1) is 12.1. The van der Waals surface area contributed by atoms with E-state index in [4.69, 9.17) is 4.74 Å². The van der Waals surface area contributed by atoms with Crippen LogP contribution in [0.2, 0.25) is 0 Å². The predicted molar refractivity (Wildman–Crippen MR) is 59.7 cm³/mol. The molecule has 1 rings (SSSR count). The second-order valence-electron chi connectivity index (χ2n) is 3.75. The molecule has 0 aliphatic rings. The Hall–Kier alpha value is -1.00. The molecule has 1 atom stereocenters. The van der Waals surface area contributed by atoms with E-state index in [9.17, 15) is 0 Å². The first-order valence-corrected chi connectivity index (χ1v) is 5.22. The van der Waals surface area contributed by atoms with E-state index in [0.717, 1.165) is 11.5 Å². The Morgan fingerprint density at radius 1 is 1.47 bits per heavy atom. The summed E-state index contributed by atoms with van der Waals surface area (Å²) < 4.78 is 5.57. The zero-order valence-electron chi connectivity index (χ0n) is 9.82. The van der Waals surface area contributed by atoms with Crippen LogP contribution in [-0.4, -0.2) is 29.7 Å². The number of rotatable bonds is 5. The maximum absolute atomic E-state index is 5.57. The zero-order chi connectivity index (χ0) is 11.3. The van der Waals surface area contributed by atoms with Gasteiger partial charge in [-0.1, -0.05) is 0 Å². The van der Waals surface area contributed by atoms with Gasteiger partial charge in [0.05, 0.1) is 24.4 Å². The normalized spacial score (nSPS) is 13.1. The summed E-state index contributed by atoms with van der Waals surface area (Å²) in [5, 5.41) is 3.19. The fraction of sp³-hybridized carbons (Fsp3) is 0.636. The van der Waals surface area contributed by atoms with Crippen LogP contribution in [0.4, 0.5) is 0 Å². The van der Waals surface area contributed by atoms with Crippen LogP contribution >= 0.6 is 0 Å². The molecule has 1 aromatic heterocycles. The number of ether oxygens (including phenoxy) is 1. The average molecular weight is 209 g/mol. The summed E-state index contributed by atoms with van der Waals surface area (Å²) in [4.78, 5) is 8.44. The van der Waals surface area contributed by atoms with Gasteiger partial charge in [0.2, 0.25) is 0 Å². The third kappa shape index (κ3) is 3.93. The van der Waals surface area contributed by atoms with Gasteiger partial charge in [0.25, 0.3) is 0 Å². The Bertz CT molecular complexity index is 302. The minimum Gasteiger partial charge on any atom is -0.377 e. The minimum absolute atomic E-state index is 0.133. The molecule has 1 aromatic rings. The Balaban J connectivity index is 2.65. The lowest BCUT2D eigenvalue weighted by atomic mass is 10.2. The van der Waals surface area contributed by atoms with Gasteiger partial charge in [-0.25, -0.2) is 9.97 Å². The molecule has 0 radical (unpaired) electrons. The number of likely N-dealkylation sites (N-methyl/N-ethyl adjacent to an activating group) is 1. The largest absolute Gasteiger partial charge is 0.377 e. The molecule has 0 aliphatic heterocycles. The Morgan fingerprint density at radius 2 is 2.20 bits per heavy atom. The monoisotopic (exact) mass is 209 g/mol. The molecule has 1 N–H and O–H groups in total. The first-order valence-electron chi connectivity index (χ1n) is 5.22. The maximum atomic E-state index is 5.57. The second kappa shape index (κ2) is 5.78. The lowest BCUT2D eigenvalue weighted by Crippen LogP contribution is -2.24. The smallest absolute Gasteiger partial charge is 0.125 e. The van der Waals surface area contributed by atoms with Crippen molar-refractivity contribution in [2.24, 2.45) is 0 Å². The second-order valence-corrected chi connectivity index (χ2v) is 3.75. The van der Waals surface area contributed by atoms with Crippen LogP contribution in [0, 0.1) is 6.92 Å². The Morgan fingerprint density at radius 3 is 2.73 bits per heavy atom. The summed E-state index contributed by atoms with van der Waals surface area (Å²) in [7, 11) is 1.91. The van der Waals surface area contributed by atoms with Gasteiger partial charge in [0, 0.05) is 6.20 Å². The molecule has 4 nitrogen and oxygen atoms in total. The number of aromatic nitrogens is 2. The van der Waals surface area contributed by atoms with E-state index >= 15 is 0 Å². The van der Waals surface area contributed by atoms with E-state index in [1.807, 2.05) is 33.9 Å². The molecule has 0 bridgehead atoms. The number of aryl methyl sites for hydroxylation is 1. The molecular formula is C11H19N3O. The van der Waals surface area contributed by atoms with Crippen LogP contribution in [0.1, 0.15) is 31.4 Å². The van der Waals surface area contributed by atoms with Crippen molar-refractivity contribution < 1.29 is 4.74 Å². The van der Waals surface area contributed by atoms with Gasteiger partial charge >= 0.3 is 0 Å². The fourth-order valence-electron chi connectivity index (χ4n) is 1.27. The molecule has 15 heavy (non-hydrogen) atoms. The highest BCUT2D eigenvalue weighted by molar-refractivity contribution is 5.07. The van der Waals surface area contributed by atoms with E-state index in [1.54, 1.807) is 6.20 Å². The Kier molecular flexibility index (Phi) is 4.65. The van der Waals surface area contributed by atoms with Gasteiger partial charge in [0.1, 0.15) is 5.82 Å². The summed E-state index contributed by atoms with van der Waals surface area (Å²) in [6.45, 7) is 6.57. The molecule has 0 aromatic carbocycles. The van der Waals surface area contributed by atoms with Gasteiger partial charge in [-0.05, 0) is 33.9 Å². The summed E-state index contributed by atoms with van der Waals surface area (Å²) in [6.07, 6.45) is 2.01. The minimum atomic E-state index is 0.133. The first-order chi connectivity index (χ1) is 7.13. The highest BCUT2D eigenvalue weighted by Crippen LogP contribution is 2.10. The van der Waals surface area contributed by atoms with Crippen LogP contribution in [0.3, 0.4) is 0 Å². The molecule has 0 fully saturated rings. The van der Waals surface area contributed by atoms with Crippen LogP contribution < -0.4 is 5.32 Å². The van der Waals surface area contributed by atoms with Crippen molar-refractivity contribution >= 4 is 0 Å². The number of nitrogens with zero attached hydrogens (tertiary/aromatic N) is 2. The van der Waals surface area contributed by atoms with E-state index in [1.165, 1.54) is 0 Å². The van der Waals surface area contributed by atoms with Crippen LogP contribution in [-0.2, 0) is 4.74 Å². The van der Waals surface area contributed by atoms with Gasteiger partial charge < -0.3 is 10.1 Å². The van der Waals surface area contributed by atoms with Crippen LogP contribution in [0.25, 0.3) is 0 Å². The molecule has 1 unspecified atom stereocenters. The Labute approximate surface area is 91.1 Å². The quantitative estimate of drug-likeness (QED) is 0.797. The fourth-order valence-corrected chi connectivity index (χ4v) is 1.27. The lowest BCUT2D eigenvalue weighted by Gasteiger charge is -2.17. The van der Waals surface area contributed by atoms with Crippen LogP contribution in [0.15, 0.2) is 12.3 Å². The van der Waals surface area contributed by atoms with Crippen molar-refractivity contribution in [3.63, 3.8) is 0 Å². The number of hydrogen-bond donors (Lipinski definition) is 1. The van der Waals surface area contributed by atoms with Gasteiger partial charge in [-0.2, -0.15) is 0 Å². The molecule has 0 saturated heterocycles. The molecular weight excluding hydrogens is 190 g/mol. The van der Waals surface area contributed by atoms with E-state index in [2.05, 4.69) is 15.3 Å². The van der Waals surface area contributed by atoms with E-state index in [0.29, 0.717) is 6.61 Å². The maximum Gasteiger partial charge on any atom is 0.125 e. The highest BCUT2D eigenvalue weighted by atomic mass is 16.5. The van der Waals surface area contributed by atoms with Crippen LogP contribution in [0.5, 0.6) is 0 Å². The average Bonchev–Trinajstić information content (AvgIpc) is 2.18. The van der Waals surface area contributed by atoms with Crippen molar-refractivity contribution in [3.8, 4) is 0 Å². The zero-order valence-corrected chi connectivity index (χ0v) is 9.82. The summed E-state index contributed by atoms with van der Waals surface area (Å²) in [5.74, 6) is 0.789. The lowest BCUT2D eigenvalue weighted by molar-refractivity contribution is 0.0618. The molecule has 0 saturated carbocycles. The van der Waals surface area contributed by atoms with Gasteiger partial charge in [-0.3, -0.25) is 0 Å². The van der Waals surface area contributed by atoms with Gasteiger partial charge in [0.15, 0.2) is 0 Å². The number of hydrogen-bond acceptors (Lipinski definition) is 4. The molecule has 4 heteroatoms. The summed E-state index contributed by atoms with van der Waals surface area (Å²) >= 11 is 0. The van der Waals surface area contributed by atoms with Crippen molar-refractivity contribution in [2.45, 2.75) is 32.9 Å². The molecule has 84 valence electrons.